The Balaban J connectivity index is 2.02. The first kappa shape index (κ1) is 21.4. The van der Waals surface area contributed by atoms with Crippen LogP contribution in [-0.2, 0) is 6.42 Å². The lowest BCUT2D eigenvalue weighted by Gasteiger charge is -2.25. The second-order valence-corrected chi connectivity index (χ2v) is 7.47. The SMILES string of the molecule is COc1cc2c(cc1OC)C(=C(C)c1[nH]c(=O)c(O)c3cc(OC)c(OC)cc13)NCC2. The maximum absolute atomic E-state index is 12.6. The van der Waals surface area contributed by atoms with Crippen LogP contribution in [0.5, 0.6) is 28.7 Å². The molecule has 3 N–H and O–H groups in total. The van der Waals surface area contributed by atoms with E-state index in [1.807, 2.05) is 19.1 Å². The number of fused-ring (bicyclic) bond motifs is 2. The molecule has 0 bridgehead atoms. The summed E-state index contributed by atoms with van der Waals surface area (Å²) in [5, 5.41) is 14.9. The zero-order valence-corrected chi connectivity index (χ0v) is 18.7. The van der Waals surface area contributed by atoms with Crippen molar-refractivity contribution >= 4 is 22.0 Å². The molecule has 0 amide bonds. The zero-order chi connectivity index (χ0) is 23.0. The number of nitrogens with one attached hydrogen (secondary N) is 2. The van der Waals surface area contributed by atoms with Gasteiger partial charge in [-0.25, -0.2) is 0 Å². The minimum Gasteiger partial charge on any atom is -0.503 e. The van der Waals surface area contributed by atoms with Crippen molar-refractivity contribution in [3.8, 4) is 28.7 Å². The van der Waals surface area contributed by atoms with Crippen molar-refractivity contribution in [3.63, 3.8) is 0 Å². The highest BCUT2D eigenvalue weighted by atomic mass is 16.5. The predicted molar refractivity (Wildman–Crippen MR) is 123 cm³/mol. The lowest BCUT2D eigenvalue weighted by molar-refractivity contribution is 0.354. The van der Waals surface area contributed by atoms with Gasteiger partial charge >= 0.3 is 0 Å². The number of allylic oxidation sites excluding steroid dienone is 1. The fourth-order valence-corrected chi connectivity index (χ4v) is 4.18. The second kappa shape index (κ2) is 8.37. The number of aromatic hydroxyl groups is 1. The van der Waals surface area contributed by atoms with Crippen LogP contribution in [0.15, 0.2) is 29.1 Å². The largest absolute Gasteiger partial charge is 0.503 e. The fourth-order valence-electron chi connectivity index (χ4n) is 4.18. The van der Waals surface area contributed by atoms with Gasteiger partial charge in [0.1, 0.15) is 0 Å². The smallest absolute Gasteiger partial charge is 0.291 e. The second-order valence-electron chi connectivity index (χ2n) is 7.47. The van der Waals surface area contributed by atoms with Gasteiger partial charge in [-0.15, -0.1) is 0 Å². The predicted octanol–water partition coefficient (Wildman–Crippen LogP) is 3.30. The summed E-state index contributed by atoms with van der Waals surface area (Å²) in [5.41, 5.74) is 3.75. The zero-order valence-electron chi connectivity index (χ0n) is 18.7. The first-order chi connectivity index (χ1) is 15.4. The highest BCUT2D eigenvalue weighted by molar-refractivity contribution is 6.02. The molecule has 1 aliphatic heterocycles. The molecule has 168 valence electrons. The van der Waals surface area contributed by atoms with Gasteiger partial charge < -0.3 is 34.4 Å². The lowest BCUT2D eigenvalue weighted by Crippen LogP contribution is -2.24. The van der Waals surface area contributed by atoms with Gasteiger partial charge in [0.25, 0.3) is 5.56 Å². The molecule has 0 radical (unpaired) electrons. The minimum atomic E-state index is -0.581. The highest BCUT2D eigenvalue weighted by Gasteiger charge is 2.23. The highest BCUT2D eigenvalue weighted by Crippen LogP contribution is 2.40. The minimum absolute atomic E-state index is 0.370. The van der Waals surface area contributed by atoms with Crippen molar-refractivity contribution in [3.05, 3.63) is 51.4 Å². The number of hydrogen-bond donors (Lipinski definition) is 3. The summed E-state index contributed by atoms with van der Waals surface area (Å²) in [4.78, 5) is 15.4. The molecule has 0 fully saturated rings. The molecule has 2 heterocycles. The van der Waals surface area contributed by atoms with Crippen LogP contribution >= 0.6 is 0 Å². The fraction of sp³-hybridized carbons (Fsp3) is 0.292. The molecule has 1 aromatic heterocycles. The third kappa shape index (κ3) is 3.37. The summed E-state index contributed by atoms with van der Waals surface area (Å²) in [6, 6.07) is 7.27. The van der Waals surface area contributed by atoms with Crippen LogP contribution in [0.1, 0.15) is 23.7 Å². The van der Waals surface area contributed by atoms with Crippen LogP contribution in [0, 0.1) is 0 Å². The van der Waals surface area contributed by atoms with Gasteiger partial charge in [0.15, 0.2) is 28.7 Å². The number of ether oxygens (including phenoxy) is 4. The molecular weight excluding hydrogens is 412 g/mol. The maximum Gasteiger partial charge on any atom is 0.291 e. The van der Waals surface area contributed by atoms with Crippen LogP contribution < -0.4 is 29.8 Å². The van der Waals surface area contributed by atoms with Crippen molar-refractivity contribution in [2.45, 2.75) is 13.3 Å². The van der Waals surface area contributed by atoms with E-state index >= 15 is 0 Å². The summed E-state index contributed by atoms with van der Waals surface area (Å²) in [6.07, 6.45) is 0.824. The van der Waals surface area contributed by atoms with E-state index < -0.39 is 5.56 Å². The Bertz CT molecular complexity index is 1290. The maximum atomic E-state index is 12.6. The molecule has 8 nitrogen and oxygen atoms in total. The van der Waals surface area contributed by atoms with E-state index in [4.69, 9.17) is 18.9 Å². The molecule has 0 aliphatic carbocycles. The van der Waals surface area contributed by atoms with Crippen LogP contribution in [0.4, 0.5) is 0 Å². The van der Waals surface area contributed by atoms with Gasteiger partial charge in [0, 0.05) is 28.6 Å². The quantitative estimate of drug-likeness (QED) is 0.562. The Hall–Kier alpha value is -3.81. The Morgan fingerprint density at radius 2 is 1.44 bits per heavy atom. The molecule has 0 spiro atoms. The van der Waals surface area contributed by atoms with E-state index in [9.17, 15) is 9.90 Å². The number of aromatic amines is 1. The lowest BCUT2D eigenvalue weighted by atomic mass is 9.92. The number of H-pyrrole nitrogens is 1. The van der Waals surface area contributed by atoms with E-state index in [2.05, 4.69) is 10.3 Å². The van der Waals surface area contributed by atoms with Crippen molar-refractivity contribution in [2.75, 3.05) is 35.0 Å². The van der Waals surface area contributed by atoms with E-state index in [1.54, 1.807) is 33.5 Å². The average molecular weight is 438 g/mol. The molecule has 0 unspecified atom stereocenters. The van der Waals surface area contributed by atoms with E-state index in [0.29, 0.717) is 39.5 Å². The molecular formula is C24H26N2O6. The number of rotatable bonds is 5. The number of pyridine rings is 1. The number of benzene rings is 2. The van der Waals surface area contributed by atoms with E-state index in [0.717, 1.165) is 35.4 Å². The van der Waals surface area contributed by atoms with Gasteiger partial charge in [-0.05, 0) is 48.7 Å². The van der Waals surface area contributed by atoms with Gasteiger partial charge in [-0.3, -0.25) is 4.79 Å². The standard InChI is InChI=1S/C24H26N2O6/c1-12(21-14-9-18(30-3)17(29-2)8-13(14)6-7-25-21)22-15-10-19(31-4)20(32-5)11-16(15)23(27)24(28)26-22/h8-11,25,27H,6-7H2,1-5H3,(H,26,28). The first-order valence-electron chi connectivity index (χ1n) is 10.1. The number of hydrogen-bond acceptors (Lipinski definition) is 7. The van der Waals surface area contributed by atoms with Crippen molar-refractivity contribution in [1.29, 1.82) is 0 Å². The molecule has 32 heavy (non-hydrogen) atoms. The van der Waals surface area contributed by atoms with Gasteiger partial charge in [-0.2, -0.15) is 0 Å². The molecule has 0 saturated heterocycles. The summed E-state index contributed by atoms with van der Waals surface area (Å²) >= 11 is 0. The summed E-state index contributed by atoms with van der Waals surface area (Å²) in [7, 11) is 6.26. The van der Waals surface area contributed by atoms with Crippen LogP contribution in [0.3, 0.4) is 0 Å². The molecule has 1 aliphatic rings. The molecule has 0 saturated carbocycles. The van der Waals surface area contributed by atoms with Crippen molar-refractivity contribution in [1.82, 2.24) is 10.3 Å². The van der Waals surface area contributed by atoms with Crippen molar-refractivity contribution < 1.29 is 24.1 Å². The monoisotopic (exact) mass is 438 g/mol. The Kier molecular flexibility index (Phi) is 5.61. The molecule has 3 aromatic rings. The topological polar surface area (TPSA) is 102 Å². The van der Waals surface area contributed by atoms with E-state index in [1.165, 1.54) is 7.11 Å². The number of aromatic nitrogens is 1. The van der Waals surface area contributed by atoms with Crippen LogP contribution in [-0.4, -0.2) is 45.1 Å². The van der Waals surface area contributed by atoms with Crippen LogP contribution in [0.2, 0.25) is 0 Å². The summed E-state index contributed by atoms with van der Waals surface area (Å²) < 4.78 is 21.8. The Labute approximate surface area is 185 Å². The van der Waals surface area contributed by atoms with Crippen LogP contribution in [0.25, 0.3) is 22.0 Å². The van der Waals surface area contributed by atoms with Crippen molar-refractivity contribution in [2.24, 2.45) is 0 Å². The third-order valence-corrected chi connectivity index (χ3v) is 5.83. The average Bonchev–Trinajstić information content (AvgIpc) is 2.83. The Morgan fingerprint density at radius 3 is 2.06 bits per heavy atom. The Morgan fingerprint density at radius 1 is 0.875 bits per heavy atom. The summed E-state index contributed by atoms with van der Waals surface area (Å²) in [5.74, 6) is 1.84. The molecule has 0 atom stereocenters. The number of methoxy groups -OCH3 is 4. The normalized spacial score (nSPS) is 14.4. The van der Waals surface area contributed by atoms with E-state index in [-0.39, 0.29) is 5.75 Å². The first-order valence-corrected chi connectivity index (χ1v) is 10.1. The molecule has 2 aromatic carbocycles. The molecule has 4 rings (SSSR count). The molecule has 8 heteroatoms. The van der Waals surface area contributed by atoms with Gasteiger partial charge in [-0.1, -0.05) is 0 Å². The third-order valence-electron chi connectivity index (χ3n) is 5.83. The van der Waals surface area contributed by atoms with Gasteiger partial charge in [0.05, 0.1) is 34.1 Å². The summed E-state index contributed by atoms with van der Waals surface area (Å²) in [6.45, 7) is 2.65. The van der Waals surface area contributed by atoms with Gasteiger partial charge in [0.2, 0.25) is 0 Å².